The van der Waals surface area contributed by atoms with E-state index in [9.17, 15) is 10.2 Å². The van der Waals surface area contributed by atoms with E-state index < -0.39 is 12.2 Å². The van der Waals surface area contributed by atoms with E-state index in [1.807, 2.05) is 26.8 Å². The molecule has 3 aromatic heterocycles. The molecule has 0 bridgehead atoms. The number of hydrogen-bond acceptors (Lipinski definition) is 9. The van der Waals surface area contributed by atoms with Crippen LogP contribution in [-0.4, -0.2) is 54.9 Å². The van der Waals surface area contributed by atoms with Gasteiger partial charge >= 0.3 is 0 Å². The first-order valence-corrected chi connectivity index (χ1v) is 12.2. The number of nitrogens with zero attached hydrogens (tertiary/aromatic N) is 4. The van der Waals surface area contributed by atoms with E-state index in [1.165, 1.54) is 12.8 Å². The number of anilines is 2. The van der Waals surface area contributed by atoms with Crippen LogP contribution in [0.5, 0.6) is 0 Å². The lowest BCUT2D eigenvalue weighted by molar-refractivity contribution is 0.0167. The summed E-state index contributed by atoms with van der Waals surface area (Å²) in [5.41, 5.74) is 3.44. The van der Waals surface area contributed by atoms with Gasteiger partial charge in [0, 0.05) is 12.7 Å². The third kappa shape index (κ3) is 4.04. The second-order valence-electron chi connectivity index (χ2n) is 9.08. The first kappa shape index (κ1) is 21.5. The predicted molar refractivity (Wildman–Crippen MR) is 127 cm³/mol. The van der Waals surface area contributed by atoms with E-state index in [4.69, 9.17) is 15.0 Å². The van der Waals surface area contributed by atoms with Gasteiger partial charge in [0.25, 0.3) is 0 Å². The van der Waals surface area contributed by atoms with Crippen LogP contribution >= 0.6 is 11.3 Å². The van der Waals surface area contributed by atoms with Gasteiger partial charge in [0.1, 0.15) is 22.4 Å². The van der Waals surface area contributed by atoms with Crippen LogP contribution in [0.1, 0.15) is 44.0 Å². The molecule has 3 heterocycles. The van der Waals surface area contributed by atoms with Crippen LogP contribution in [0.3, 0.4) is 0 Å². The van der Waals surface area contributed by atoms with Crippen molar-refractivity contribution < 1.29 is 10.2 Å². The van der Waals surface area contributed by atoms with Crippen LogP contribution in [0.25, 0.3) is 20.8 Å². The zero-order chi connectivity index (χ0) is 22.4. The number of thiazole rings is 1. The smallest absolute Gasteiger partial charge is 0.224 e. The summed E-state index contributed by atoms with van der Waals surface area (Å²) in [5.74, 6) is 2.00. The second-order valence-corrected chi connectivity index (χ2v) is 10.1. The van der Waals surface area contributed by atoms with E-state index in [1.54, 1.807) is 17.5 Å². The van der Waals surface area contributed by atoms with E-state index in [0.29, 0.717) is 24.1 Å². The Labute approximate surface area is 191 Å². The van der Waals surface area contributed by atoms with Crippen molar-refractivity contribution in [3.8, 4) is 10.6 Å². The van der Waals surface area contributed by atoms with Gasteiger partial charge in [-0.15, -0.1) is 11.3 Å². The third-order valence-electron chi connectivity index (χ3n) is 6.69. The van der Waals surface area contributed by atoms with E-state index in [0.717, 1.165) is 45.1 Å². The summed E-state index contributed by atoms with van der Waals surface area (Å²) < 4.78 is 1.07. The fraction of sp³-hybridized carbons (Fsp3) is 0.565. The molecule has 0 aromatic carbocycles. The lowest BCUT2D eigenvalue weighted by Gasteiger charge is -2.21. The van der Waals surface area contributed by atoms with Gasteiger partial charge in [-0.05, 0) is 51.0 Å². The molecular formula is C23H30N6O2S. The molecule has 9 heteroatoms. The number of hydrogen-bond donors (Lipinski definition) is 4. The van der Waals surface area contributed by atoms with Crippen molar-refractivity contribution in [3.05, 3.63) is 23.7 Å². The maximum Gasteiger partial charge on any atom is 0.224 e. The number of rotatable bonds is 7. The van der Waals surface area contributed by atoms with Crippen LogP contribution in [0.2, 0.25) is 0 Å². The van der Waals surface area contributed by atoms with Crippen molar-refractivity contribution in [2.75, 3.05) is 17.2 Å². The summed E-state index contributed by atoms with van der Waals surface area (Å²) in [6.07, 6.45) is 4.24. The summed E-state index contributed by atoms with van der Waals surface area (Å²) in [7, 11) is 0. The molecule has 0 saturated heterocycles. The van der Waals surface area contributed by atoms with Crippen molar-refractivity contribution in [1.29, 1.82) is 0 Å². The summed E-state index contributed by atoms with van der Waals surface area (Å²) >= 11 is 1.59. The van der Waals surface area contributed by atoms with E-state index >= 15 is 0 Å². The van der Waals surface area contributed by atoms with Crippen molar-refractivity contribution in [2.24, 2.45) is 11.8 Å². The molecule has 0 amide bonds. The number of nitrogens with one attached hydrogen (secondary N) is 2. The number of fused-ring (bicyclic) bond motifs is 1. The van der Waals surface area contributed by atoms with Crippen molar-refractivity contribution in [2.45, 2.75) is 64.7 Å². The number of aryl methyl sites for hydroxylation is 2. The number of pyridine rings is 1. The molecule has 4 atom stereocenters. The maximum absolute atomic E-state index is 10.7. The lowest BCUT2D eigenvalue weighted by Crippen LogP contribution is -2.35. The van der Waals surface area contributed by atoms with Gasteiger partial charge in [0.15, 0.2) is 0 Å². The quantitative estimate of drug-likeness (QED) is 0.429. The molecule has 0 spiro atoms. The highest BCUT2D eigenvalue weighted by atomic mass is 32.1. The molecule has 2 aliphatic rings. The van der Waals surface area contributed by atoms with Gasteiger partial charge in [-0.25, -0.2) is 9.97 Å². The molecule has 8 nitrogen and oxygen atoms in total. The minimum Gasteiger partial charge on any atom is -0.390 e. The first-order chi connectivity index (χ1) is 15.4. The maximum atomic E-state index is 10.7. The molecule has 4 N–H and O–H groups in total. The molecule has 32 heavy (non-hydrogen) atoms. The standard InChI is InChI=1S/C23H30N6O2S/c1-4-14-9-15(20(31)19(14)30)27-21-17(11(2)26-23(29-21)25-10-13-5-6-13)22-28-18-12(3)24-8-7-16(18)32-22/h7-8,13-15,19-20,30-31H,4-6,9-10H2,1-3H3,(H2,25,26,27,29)/t14-,15?,19+,20-/m0/s1. The zero-order valence-electron chi connectivity index (χ0n) is 18.7. The molecule has 0 aliphatic heterocycles. The van der Waals surface area contributed by atoms with Crippen molar-refractivity contribution in [3.63, 3.8) is 0 Å². The predicted octanol–water partition coefficient (Wildman–Crippen LogP) is 3.52. The van der Waals surface area contributed by atoms with Crippen LogP contribution in [0.4, 0.5) is 11.8 Å². The highest BCUT2D eigenvalue weighted by molar-refractivity contribution is 7.21. The van der Waals surface area contributed by atoms with Gasteiger partial charge in [0.2, 0.25) is 5.95 Å². The molecule has 3 aromatic rings. The SMILES string of the molecule is CC[C@H]1CC(Nc2nc(NCC3CC3)nc(C)c2-c2nc3c(C)nccc3s2)[C@H](O)[C@@H]1O. The topological polar surface area (TPSA) is 116 Å². The molecule has 5 rings (SSSR count). The Kier molecular flexibility index (Phi) is 5.73. The summed E-state index contributed by atoms with van der Waals surface area (Å²) in [6.45, 7) is 6.84. The average Bonchev–Trinajstić information content (AvgIpc) is 3.44. The second kappa shape index (κ2) is 8.53. The Morgan fingerprint density at radius 2 is 1.91 bits per heavy atom. The largest absolute Gasteiger partial charge is 0.390 e. The zero-order valence-corrected chi connectivity index (χ0v) is 19.5. The van der Waals surface area contributed by atoms with Crippen LogP contribution in [0, 0.1) is 25.7 Å². The van der Waals surface area contributed by atoms with Gasteiger partial charge in [0.05, 0.1) is 33.8 Å². The van der Waals surface area contributed by atoms with Gasteiger partial charge < -0.3 is 20.8 Å². The Morgan fingerprint density at radius 1 is 1.09 bits per heavy atom. The van der Waals surface area contributed by atoms with E-state index in [2.05, 4.69) is 15.6 Å². The van der Waals surface area contributed by atoms with Crippen LogP contribution < -0.4 is 10.6 Å². The number of aliphatic hydroxyl groups is 2. The first-order valence-electron chi connectivity index (χ1n) is 11.4. The third-order valence-corrected chi connectivity index (χ3v) is 7.73. The van der Waals surface area contributed by atoms with Gasteiger partial charge in [-0.2, -0.15) is 4.98 Å². The molecule has 170 valence electrons. The van der Waals surface area contributed by atoms with Gasteiger partial charge in [-0.1, -0.05) is 13.3 Å². The highest BCUT2D eigenvalue weighted by Crippen LogP contribution is 2.39. The van der Waals surface area contributed by atoms with Gasteiger partial charge in [-0.3, -0.25) is 4.98 Å². The van der Waals surface area contributed by atoms with Crippen LogP contribution in [-0.2, 0) is 0 Å². The minimum atomic E-state index is -0.840. The Hall–Kier alpha value is -2.36. The van der Waals surface area contributed by atoms with Crippen molar-refractivity contribution >= 4 is 33.3 Å². The van der Waals surface area contributed by atoms with E-state index in [-0.39, 0.29) is 12.0 Å². The normalized spacial score (nSPS) is 25.4. The monoisotopic (exact) mass is 454 g/mol. The fourth-order valence-corrected chi connectivity index (χ4v) is 5.62. The molecule has 0 radical (unpaired) electrons. The highest BCUT2D eigenvalue weighted by Gasteiger charge is 2.41. The molecular weight excluding hydrogens is 424 g/mol. The summed E-state index contributed by atoms with van der Waals surface area (Å²) in [5, 5.41) is 28.7. The number of aliphatic hydroxyl groups excluding tert-OH is 2. The van der Waals surface area contributed by atoms with Crippen molar-refractivity contribution in [1.82, 2.24) is 19.9 Å². The number of aromatic nitrogens is 4. The fourth-order valence-electron chi connectivity index (χ4n) is 4.51. The Balaban J connectivity index is 1.54. The van der Waals surface area contributed by atoms with Crippen LogP contribution in [0.15, 0.2) is 12.3 Å². The average molecular weight is 455 g/mol. The Morgan fingerprint density at radius 3 is 2.59 bits per heavy atom. The summed E-state index contributed by atoms with van der Waals surface area (Å²) in [6, 6.07) is 1.69. The Bertz CT molecular complexity index is 1130. The summed E-state index contributed by atoms with van der Waals surface area (Å²) in [4.78, 5) is 18.7. The molecule has 2 aliphatic carbocycles. The molecule has 1 unspecified atom stereocenters. The minimum absolute atomic E-state index is 0.0671. The lowest BCUT2D eigenvalue weighted by atomic mass is 10.0. The molecule has 2 saturated carbocycles. The molecule has 2 fully saturated rings.